The first-order valence-electron chi connectivity index (χ1n) is 5.88. The zero-order chi connectivity index (χ0) is 15.6. The van der Waals surface area contributed by atoms with Gasteiger partial charge in [-0.15, -0.1) is 13.2 Å². The largest absolute Gasteiger partial charge is 0.573 e. The zero-order valence-electron chi connectivity index (χ0n) is 11.1. The van der Waals surface area contributed by atoms with E-state index in [0.29, 0.717) is 0 Å². The molecule has 1 aromatic heterocycles. The first-order valence-corrected chi connectivity index (χ1v) is 5.88. The molecule has 0 amide bonds. The van der Waals surface area contributed by atoms with Crippen molar-refractivity contribution in [2.75, 3.05) is 12.4 Å². The molecule has 0 atom stereocenters. The van der Waals surface area contributed by atoms with Crippen molar-refractivity contribution in [2.24, 2.45) is 0 Å². The summed E-state index contributed by atoms with van der Waals surface area (Å²) in [5.74, 6) is -0.925. The molecule has 1 heterocycles. The highest BCUT2D eigenvalue weighted by Gasteiger charge is 2.31. The van der Waals surface area contributed by atoms with Gasteiger partial charge in [0.15, 0.2) is 17.5 Å². The van der Waals surface area contributed by atoms with E-state index in [4.69, 9.17) is 0 Å². The van der Waals surface area contributed by atoms with E-state index in [-0.39, 0.29) is 22.9 Å². The summed E-state index contributed by atoms with van der Waals surface area (Å²) in [6.07, 6.45) is -4.78. The van der Waals surface area contributed by atoms with E-state index in [1.165, 1.54) is 26.1 Å². The summed E-state index contributed by atoms with van der Waals surface area (Å²) in [6, 6.07) is 5.18. The van der Waals surface area contributed by atoms with Crippen LogP contribution in [0.15, 0.2) is 24.3 Å². The molecule has 0 aliphatic heterocycles. The quantitative estimate of drug-likeness (QED) is 0.881. The van der Waals surface area contributed by atoms with Crippen LogP contribution in [0.4, 0.5) is 23.4 Å². The Bertz CT molecular complexity index is 658. The predicted molar refractivity (Wildman–Crippen MR) is 68.4 cm³/mol. The van der Waals surface area contributed by atoms with Crippen LogP contribution in [0, 0.1) is 12.7 Å². The second-order valence-corrected chi connectivity index (χ2v) is 4.12. The smallest absolute Gasteiger partial charge is 0.406 e. The number of hydrogen-bond donors (Lipinski definition) is 1. The van der Waals surface area contributed by atoms with Crippen LogP contribution >= 0.6 is 0 Å². The van der Waals surface area contributed by atoms with Gasteiger partial charge in [0.05, 0.1) is 5.69 Å². The number of nitrogens with one attached hydrogen (secondary N) is 1. The molecule has 0 unspecified atom stereocenters. The van der Waals surface area contributed by atoms with Crippen molar-refractivity contribution in [3.05, 3.63) is 35.8 Å². The van der Waals surface area contributed by atoms with Gasteiger partial charge in [0, 0.05) is 12.6 Å². The summed E-state index contributed by atoms with van der Waals surface area (Å²) in [5, 5.41) is 2.56. The van der Waals surface area contributed by atoms with Crippen molar-refractivity contribution in [3.8, 4) is 17.1 Å². The van der Waals surface area contributed by atoms with Gasteiger partial charge in [-0.05, 0) is 19.1 Å². The number of nitrogens with zero attached hydrogens (tertiary/aromatic N) is 2. The van der Waals surface area contributed by atoms with Crippen molar-refractivity contribution in [3.63, 3.8) is 0 Å². The molecule has 4 nitrogen and oxygen atoms in total. The van der Waals surface area contributed by atoms with E-state index in [0.717, 1.165) is 12.1 Å². The molecule has 21 heavy (non-hydrogen) atoms. The second kappa shape index (κ2) is 5.55. The topological polar surface area (TPSA) is 47.0 Å². The molecule has 8 heteroatoms. The van der Waals surface area contributed by atoms with E-state index in [2.05, 4.69) is 20.0 Å². The lowest BCUT2D eigenvalue weighted by molar-refractivity contribution is -0.274. The van der Waals surface area contributed by atoms with Crippen molar-refractivity contribution in [1.29, 1.82) is 0 Å². The van der Waals surface area contributed by atoms with E-state index >= 15 is 0 Å². The Hall–Kier alpha value is -2.38. The molecule has 0 fully saturated rings. The molecule has 0 saturated heterocycles. The van der Waals surface area contributed by atoms with Gasteiger partial charge in [0.25, 0.3) is 0 Å². The van der Waals surface area contributed by atoms with Gasteiger partial charge in [-0.3, -0.25) is 0 Å². The van der Waals surface area contributed by atoms with Crippen molar-refractivity contribution < 1.29 is 22.3 Å². The first kappa shape index (κ1) is 15.0. The Kier molecular flexibility index (Phi) is 3.97. The van der Waals surface area contributed by atoms with Gasteiger partial charge in [0.2, 0.25) is 0 Å². The van der Waals surface area contributed by atoms with Crippen molar-refractivity contribution >= 4 is 5.82 Å². The first-order chi connectivity index (χ1) is 9.80. The van der Waals surface area contributed by atoms with Gasteiger partial charge in [-0.2, -0.15) is 0 Å². The molecule has 2 aromatic rings. The molecule has 0 aliphatic rings. The highest BCUT2D eigenvalue weighted by Crippen LogP contribution is 2.27. The van der Waals surface area contributed by atoms with Crippen LogP contribution in [-0.2, 0) is 0 Å². The third kappa shape index (κ3) is 3.59. The standard InChI is InChI=1S/C13H11F4N3O/c1-7-10(14)12(18-2)20-11(19-7)8-4-3-5-9(6-8)21-13(15,16)17/h3-6H,1-2H3,(H,18,19,20). The minimum atomic E-state index is -4.78. The molecule has 0 bridgehead atoms. The number of hydrogen-bond acceptors (Lipinski definition) is 4. The number of rotatable bonds is 3. The number of alkyl halides is 3. The van der Waals surface area contributed by atoms with Crippen LogP contribution in [0.2, 0.25) is 0 Å². The summed E-state index contributed by atoms with van der Waals surface area (Å²) >= 11 is 0. The Morgan fingerprint density at radius 2 is 1.90 bits per heavy atom. The normalized spacial score (nSPS) is 11.3. The summed E-state index contributed by atoms with van der Waals surface area (Å²) < 4.78 is 54.1. The number of aromatic nitrogens is 2. The Morgan fingerprint density at radius 1 is 1.19 bits per heavy atom. The monoisotopic (exact) mass is 301 g/mol. The average molecular weight is 301 g/mol. The van der Waals surface area contributed by atoms with Crippen LogP contribution in [-0.4, -0.2) is 23.4 Å². The number of anilines is 1. The minimum Gasteiger partial charge on any atom is -0.406 e. The lowest BCUT2D eigenvalue weighted by Crippen LogP contribution is -2.17. The fraction of sp³-hybridized carbons (Fsp3) is 0.231. The van der Waals surface area contributed by atoms with E-state index in [9.17, 15) is 17.6 Å². The van der Waals surface area contributed by atoms with Gasteiger partial charge >= 0.3 is 6.36 Å². The van der Waals surface area contributed by atoms with E-state index < -0.39 is 17.9 Å². The van der Waals surface area contributed by atoms with E-state index in [1.54, 1.807) is 0 Å². The number of ether oxygens (including phenoxy) is 1. The molecule has 1 N–H and O–H groups in total. The molecule has 0 saturated carbocycles. The van der Waals surface area contributed by atoms with Gasteiger partial charge in [-0.25, -0.2) is 14.4 Å². The second-order valence-electron chi connectivity index (χ2n) is 4.12. The van der Waals surface area contributed by atoms with Crippen LogP contribution in [0.1, 0.15) is 5.69 Å². The SMILES string of the molecule is CNc1nc(-c2cccc(OC(F)(F)F)c2)nc(C)c1F. The van der Waals surface area contributed by atoms with Gasteiger partial charge in [0.1, 0.15) is 5.75 Å². The maximum Gasteiger partial charge on any atom is 0.573 e. The molecule has 0 radical (unpaired) electrons. The van der Waals surface area contributed by atoms with Crippen molar-refractivity contribution in [1.82, 2.24) is 9.97 Å². The summed E-state index contributed by atoms with van der Waals surface area (Å²) in [6.45, 7) is 1.44. The molecule has 1 aromatic carbocycles. The molecule has 2 rings (SSSR count). The predicted octanol–water partition coefficient (Wildman–Crippen LogP) is 3.53. The molecular formula is C13H11F4N3O. The van der Waals surface area contributed by atoms with Crippen molar-refractivity contribution in [2.45, 2.75) is 13.3 Å². The molecule has 0 spiro atoms. The number of halogens is 4. The molecular weight excluding hydrogens is 290 g/mol. The third-order valence-corrected chi connectivity index (χ3v) is 2.58. The highest BCUT2D eigenvalue weighted by molar-refractivity contribution is 5.60. The lowest BCUT2D eigenvalue weighted by atomic mass is 10.2. The van der Waals surface area contributed by atoms with Crippen LogP contribution in [0.5, 0.6) is 5.75 Å². The maximum absolute atomic E-state index is 13.6. The summed E-state index contributed by atoms with van der Waals surface area (Å²) in [4.78, 5) is 7.85. The van der Waals surface area contributed by atoms with Gasteiger partial charge in [-0.1, -0.05) is 12.1 Å². The van der Waals surface area contributed by atoms with Crippen LogP contribution in [0.3, 0.4) is 0 Å². The Morgan fingerprint density at radius 3 is 2.52 bits per heavy atom. The third-order valence-electron chi connectivity index (χ3n) is 2.58. The highest BCUT2D eigenvalue weighted by atomic mass is 19.4. The lowest BCUT2D eigenvalue weighted by Gasteiger charge is -2.11. The minimum absolute atomic E-state index is 0.0281. The van der Waals surface area contributed by atoms with Gasteiger partial charge < -0.3 is 10.1 Å². The van der Waals surface area contributed by atoms with Crippen LogP contribution in [0.25, 0.3) is 11.4 Å². The Labute approximate surface area is 117 Å². The van der Waals surface area contributed by atoms with E-state index in [1.807, 2.05) is 0 Å². The summed E-state index contributed by atoms with van der Waals surface area (Å²) in [5.41, 5.74) is 0.378. The maximum atomic E-state index is 13.6. The molecule has 0 aliphatic carbocycles. The molecule has 112 valence electrons. The van der Waals surface area contributed by atoms with Crippen LogP contribution < -0.4 is 10.1 Å². The fourth-order valence-electron chi connectivity index (χ4n) is 1.69. The Balaban J connectivity index is 2.43. The zero-order valence-corrected chi connectivity index (χ0v) is 11.1. The number of benzene rings is 1. The average Bonchev–Trinajstić information content (AvgIpc) is 2.40. The summed E-state index contributed by atoms with van der Waals surface area (Å²) in [7, 11) is 1.48. The number of aryl methyl sites for hydroxylation is 1. The fourth-order valence-corrected chi connectivity index (χ4v) is 1.69.